The van der Waals surface area contributed by atoms with Gasteiger partial charge in [-0.25, -0.2) is 9.63 Å². The van der Waals surface area contributed by atoms with E-state index >= 15 is 0 Å². The van der Waals surface area contributed by atoms with Gasteiger partial charge >= 0.3 is 0 Å². The van der Waals surface area contributed by atoms with Crippen LogP contribution in [0.3, 0.4) is 0 Å². The largest absolute Gasteiger partial charge is 0.768 e. The molecular formula is C26H27Br2Cl3N4O6S5-2. The van der Waals surface area contributed by atoms with Gasteiger partial charge in [-0.3, -0.25) is 18.6 Å². The van der Waals surface area contributed by atoms with E-state index in [1.165, 1.54) is 11.3 Å². The summed E-state index contributed by atoms with van der Waals surface area (Å²) in [5.74, 6) is -0.116. The van der Waals surface area contributed by atoms with Gasteiger partial charge in [0.15, 0.2) is 5.17 Å². The molecule has 2 atom stereocenters. The summed E-state index contributed by atoms with van der Waals surface area (Å²) >= 11 is 11.2. The molecule has 254 valence electrons. The molecule has 0 radical (unpaired) electrons. The molecule has 46 heavy (non-hydrogen) atoms. The first kappa shape index (κ1) is 44.9. The highest BCUT2D eigenvalue weighted by molar-refractivity contribution is 9.11. The molecule has 0 aliphatic heterocycles. The Kier molecular flexibility index (Phi) is 25.3. The minimum absolute atomic E-state index is 0.116. The highest BCUT2D eigenvalue weighted by atomic mass is 79.9. The topological polar surface area (TPSA) is 163 Å². The average molecular weight is 918 g/mol. The molecule has 2 heterocycles. The molecule has 2 aromatic carbocycles. The van der Waals surface area contributed by atoms with Gasteiger partial charge in [0.05, 0.1) is 4.88 Å². The summed E-state index contributed by atoms with van der Waals surface area (Å²) in [6, 6.07) is 17.2. The van der Waals surface area contributed by atoms with Crippen molar-refractivity contribution in [2.24, 2.45) is 5.10 Å². The Labute approximate surface area is 314 Å². The third-order valence-electron chi connectivity index (χ3n) is 4.50. The molecular weight excluding hydrogens is 891 g/mol. The number of hydrazone groups is 1. The second-order valence-electron chi connectivity index (χ2n) is 7.81. The van der Waals surface area contributed by atoms with Crippen molar-refractivity contribution in [3.63, 3.8) is 0 Å². The van der Waals surface area contributed by atoms with E-state index in [-0.39, 0.29) is 5.91 Å². The van der Waals surface area contributed by atoms with Crippen molar-refractivity contribution in [3.8, 4) is 0 Å². The van der Waals surface area contributed by atoms with Gasteiger partial charge in [0, 0.05) is 54.2 Å². The molecule has 20 heteroatoms. The lowest BCUT2D eigenvalue weighted by atomic mass is 10.2. The van der Waals surface area contributed by atoms with Crippen LogP contribution >= 0.6 is 87.5 Å². The third-order valence-corrected chi connectivity index (χ3v) is 9.88. The van der Waals surface area contributed by atoms with Crippen molar-refractivity contribution in [2.75, 3.05) is 14.1 Å². The van der Waals surface area contributed by atoms with Crippen LogP contribution in [0.4, 0.5) is 0 Å². The minimum atomic E-state index is -2.09. The summed E-state index contributed by atoms with van der Waals surface area (Å²) in [6.07, 6.45) is 0. The summed E-state index contributed by atoms with van der Waals surface area (Å²) in [6.45, 7) is 3.83. The number of hydrazine groups is 1. The van der Waals surface area contributed by atoms with Gasteiger partial charge in [-0.05, 0) is 115 Å². The molecule has 0 fully saturated rings. The Morgan fingerprint density at radius 1 is 0.761 bits per heavy atom. The smallest absolute Gasteiger partial charge is 0.276 e. The SMILES string of the molecule is CN/N=C(\Cl)c1sccc1Br.CNNC(=O)c1sccc1Br.Cc1ccc(S(=O)[O-])cc1.Cc1ccc(S(=O)[O-])cc1.O=S(Cl)Cl. The van der Waals surface area contributed by atoms with Crippen molar-refractivity contribution in [2.45, 2.75) is 23.6 Å². The number of halogens is 5. The molecule has 0 aliphatic carbocycles. The lowest BCUT2D eigenvalue weighted by molar-refractivity contribution is 0.0941. The van der Waals surface area contributed by atoms with E-state index in [0.29, 0.717) is 19.8 Å². The number of aryl methyl sites for hydroxylation is 2. The predicted molar refractivity (Wildman–Crippen MR) is 199 cm³/mol. The second kappa shape index (κ2) is 25.9. The maximum absolute atomic E-state index is 11.1. The molecule has 4 aromatic rings. The van der Waals surface area contributed by atoms with Crippen molar-refractivity contribution >= 4 is 130 Å². The van der Waals surface area contributed by atoms with Crippen LogP contribution in [0.2, 0.25) is 0 Å². The van der Waals surface area contributed by atoms with Gasteiger partial charge in [-0.1, -0.05) is 47.0 Å². The number of thiophene rings is 2. The molecule has 2 unspecified atom stereocenters. The fourth-order valence-corrected chi connectivity index (χ4v) is 6.55. The van der Waals surface area contributed by atoms with E-state index in [4.69, 9.17) is 15.8 Å². The van der Waals surface area contributed by atoms with Gasteiger partial charge in [0.1, 0.15) is 4.88 Å². The molecule has 3 N–H and O–H groups in total. The van der Waals surface area contributed by atoms with Crippen LogP contribution in [-0.2, 0) is 31.4 Å². The summed E-state index contributed by atoms with van der Waals surface area (Å²) in [5.41, 5.74) is 9.80. The molecule has 0 saturated carbocycles. The van der Waals surface area contributed by atoms with Crippen molar-refractivity contribution < 1.29 is 26.5 Å². The number of hydrogen-bond donors (Lipinski definition) is 3. The molecule has 1 amide bonds. The van der Waals surface area contributed by atoms with Gasteiger partial charge in [-0.15, -0.1) is 22.7 Å². The Morgan fingerprint density at radius 2 is 1.13 bits per heavy atom. The zero-order valence-electron chi connectivity index (χ0n) is 24.3. The Balaban J connectivity index is 0.000000565. The van der Waals surface area contributed by atoms with Gasteiger partial charge < -0.3 is 14.5 Å². The van der Waals surface area contributed by atoms with E-state index in [9.17, 15) is 22.3 Å². The number of rotatable bonds is 6. The summed E-state index contributed by atoms with van der Waals surface area (Å²) < 4.78 is 52.1. The molecule has 0 bridgehead atoms. The number of carbonyl (C=O) groups is 1. The van der Waals surface area contributed by atoms with Crippen LogP contribution in [0.15, 0.2) is 95.3 Å². The lowest BCUT2D eigenvalue weighted by Gasteiger charge is -2.03. The van der Waals surface area contributed by atoms with Crippen LogP contribution in [0.1, 0.15) is 25.7 Å². The maximum Gasteiger partial charge on any atom is 0.276 e. The number of benzene rings is 2. The molecule has 2 aromatic heterocycles. The van der Waals surface area contributed by atoms with E-state index in [1.54, 1.807) is 74.0 Å². The molecule has 0 aliphatic rings. The highest BCUT2D eigenvalue weighted by Crippen LogP contribution is 2.24. The number of hydrogen-bond acceptors (Lipinski definition) is 11. The van der Waals surface area contributed by atoms with Crippen molar-refractivity contribution in [1.29, 1.82) is 0 Å². The number of nitrogens with zero attached hydrogens (tertiary/aromatic N) is 1. The van der Waals surface area contributed by atoms with Gasteiger partial charge in [0.2, 0.25) is 9.23 Å². The van der Waals surface area contributed by atoms with Crippen LogP contribution in [-0.4, -0.2) is 46.9 Å². The third kappa shape index (κ3) is 20.3. The van der Waals surface area contributed by atoms with Crippen molar-refractivity contribution in [3.05, 3.63) is 101 Å². The van der Waals surface area contributed by atoms with Crippen LogP contribution in [0.5, 0.6) is 0 Å². The Hall–Kier alpha value is -1.06. The first-order valence-electron chi connectivity index (χ1n) is 12.0. The lowest BCUT2D eigenvalue weighted by Crippen LogP contribution is -2.33. The average Bonchev–Trinajstić information content (AvgIpc) is 3.62. The molecule has 10 nitrogen and oxygen atoms in total. The highest BCUT2D eigenvalue weighted by Gasteiger charge is 2.09. The minimum Gasteiger partial charge on any atom is -0.768 e. The predicted octanol–water partition coefficient (Wildman–Crippen LogP) is 7.51. The van der Waals surface area contributed by atoms with Gasteiger partial charge in [0.25, 0.3) is 5.91 Å². The van der Waals surface area contributed by atoms with E-state index in [2.05, 4.69) is 74.6 Å². The van der Waals surface area contributed by atoms with E-state index in [1.807, 2.05) is 36.7 Å². The fraction of sp³-hybridized carbons (Fsp3) is 0.154. The number of carbonyl (C=O) groups excluding carboxylic acids is 1. The van der Waals surface area contributed by atoms with E-state index < -0.39 is 31.4 Å². The molecule has 0 spiro atoms. The molecule has 4 rings (SSSR count). The second-order valence-corrected chi connectivity index (χ2v) is 16.1. The van der Waals surface area contributed by atoms with Crippen LogP contribution < -0.4 is 16.3 Å². The number of nitrogens with one attached hydrogen (secondary N) is 3. The number of amides is 1. The summed E-state index contributed by atoms with van der Waals surface area (Å²) in [5, 5.41) is 8.13. The Bertz CT molecular complexity index is 1520. The van der Waals surface area contributed by atoms with Crippen LogP contribution in [0, 0.1) is 13.8 Å². The zero-order chi connectivity index (χ0) is 35.2. The standard InChI is InChI=1S/2C7H8O2S.C6H6BrClN2S.C6H7BrN2OS.Cl2OS/c2*1-6-2-4-7(5-3-6)10(8)9;1-9-10-6(8)5-4(7)2-3-11-5;1-8-9-6(10)5-4(7)2-3-11-5;1-4(2)3/h2*2-5H,1H3,(H,8,9);2-3,9H,1H3;2-3,8H,1H3,(H,9,10);/p-2/b;;10-6-;;. The maximum atomic E-state index is 11.1. The van der Waals surface area contributed by atoms with Crippen molar-refractivity contribution in [1.82, 2.24) is 16.3 Å². The quantitative estimate of drug-likeness (QED) is 0.0775. The summed E-state index contributed by atoms with van der Waals surface area (Å²) in [4.78, 5) is 13.4. The fourth-order valence-electron chi connectivity index (χ4n) is 2.51. The first-order chi connectivity index (χ1) is 21.6. The van der Waals surface area contributed by atoms with Crippen LogP contribution in [0.25, 0.3) is 0 Å². The molecule has 0 saturated heterocycles. The summed E-state index contributed by atoms with van der Waals surface area (Å²) in [7, 11) is 10.7. The zero-order valence-corrected chi connectivity index (χ0v) is 33.8. The first-order valence-corrected chi connectivity index (χ1v) is 20.7. The van der Waals surface area contributed by atoms with E-state index in [0.717, 1.165) is 24.9 Å². The van der Waals surface area contributed by atoms with Gasteiger partial charge in [-0.2, -0.15) is 5.10 Å². The normalized spacial score (nSPS) is 11.5. The monoisotopic (exact) mass is 914 g/mol. The Morgan fingerprint density at radius 3 is 1.41 bits per heavy atom.